The molecule has 0 spiro atoms. The lowest BCUT2D eigenvalue weighted by Crippen LogP contribution is -2.30. The first kappa shape index (κ1) is 13.6. The molecule has 106 valence electrons. The van der Waals surface area contributed by atoms with Crippen LogP contribution in [-0.2, 0) is 11.2 Å². The molecule has 1 unspecified atom stereocenters. The predicted octanol–water partition coefficient (Wildman–Crippen LogP) is 3.32. The van der Waals surface area contributed by atoms with Crippen molar-refractivity contribution in [2.24, 2.45) is 0 Å². The maximum atomic E-state index is 12.3. The number of carbonyl (C=O) groups excluding carboxylic acids is 1. The summed E-state index contributed by atoms with van der Waals surface area (Å²) in [6.07, 6.45) is 0.672. The van der Waals surface area contributed by atoms with Crippen molar-refractivity contribution in [3.63, 3.8) is 0 Å². The summed E-state index contributed by atoms with van der Waals surface area (Å²) in [5, 5.41) is 12.0. The van der Waals surface area contributed by atoms with Crippen LogP contribution < -0.4 is 5.32 Å². The Hall–Kier alpha value is -2.33. The first-order chi connectivity index (χ1) is 10.1. The zero-order valence-corrected chi connectivity index (χ0v) is 11.7. The monoisotopic (exact) mass is 301 g/mol. The van der Waals surface area contributed by atoms with Crippen molar-refractivity contribution in [2.75, 3.05) is 5.32 Å². The van der Waals surface area contributed by atoms with E-state index in [0.29, 0.717) is 6.42 Å². The number of rotatable bonds is 3. The summed E-state index contributed by atoms with van der Waals surface area (Å²) >= 11 is 5.88. The lowest BCUT2D eigenvalue weighted by Gasteiger charge is -2.29. The van der Waals surface area contributed by atoms with Crippen LogP contribution in [0.5, 0.6) is 0 Å². The molecule has 2 aromatic carbocycles. The topological polar surface area (TPSA) is 66.4 Å². The van der Waals surface area contributed by atoms with Crippen molar-refractivity contribution in [1.82, 2.24) is 0 Å². The molecule has 0 aliphatic heterocycles. The molecule has 0 fully saturated rings. The van der Waals surface area contributed by atoms with Crippen LogP contribution in [0.4, 0.5) is 5.69 Å². The fraction of sp³-hybridized carbons (Fsp3) is 0.125. The molecule has 1 amide bonds. The van der Waals surface area contributed by atoms with Crippen molar-refractivity contribution in [2.45, 2.75) is 12.3 Å². The van der Waals surface area contributed by atoms with Gasteiger partial charge < -0.3 is 10.4 Å². The Kier molecular flexibility index (Phi) is 3.39. The summed E-state index contributed by atoms with van der Waals surface area (Å²) in [7, 11) is 0. The summed E-state index contributed by atoms with van der Waals surface area (Å²) in [5.41, 5.74) is 2.29. The number of carbonyl (C=O) groups is 2. The predicted molar refractivity (Wildman–Crippen MR) is 79.9 cm³/mol. The molecule has 5 heteroatoms. The van der Waals surface area contributed by atoms with E-state index in [1.807, 2.05) is 24.3 Å². The Morgan fingerprint density at radius 2 is 1.90 bits per heavy atom. The Balaban J connectivity index is 1.84. The van der Waals surface area contributed by atoms with Crippen molar-refractivity contribution >= 4 is 29.2 Å². The molecule has 0 saturated carbocycles. The maximum Gasteiger partial charge on any atom is 0.339 e. The lowest BCUT2D eigenvalue weighted by atomic mass is 9.77. The van der Waals surface area contributed by atoms with Gasteiger partial charge in [0.25, 0.3) is 0 Å². The van der Waals surface area contributed by atoms with Crippen LogP contribution in [0.15, 0.2) is 42.5 Å². The quantitative estimate of drug-likeness (QED) is 0.914. The molecule has 21 heavy (non-hydrogen) atoms. The number of amides is 1. The maximum absolute atomic E-state index is 12.3. The molecule has 0 heterocycles. The van der Waals surface area contributed by atoms with Gasteiger partial charge in [-0.1, -0.05) is 41.9 Å². The molecule has 3 rings (SSSR count). The number of hydrogen-bond acceptors (Lipinski definition) is 2. The van der Waals surface area contributed by atoms with Gasteiger partial charge in [0.1, 0.15) is 5.56 Å². The molecule has 4 nitrogen and oxygen atoms in total. The number of carboxylic acid groups (broad SMARTS) is 1. The van der Waals surface area contributed by atoms with E-state index in [0.717, 1.165) is 11.1 Å². The Bertz CT molecular complexity index is 742. The Labute approximate surface area is 126 Å². The number of anilines is 1. The van der Waals surface area contributed by atoms with E-state index in [1.54, 1.807) is 6.07 Å². The van der Waals surface area contributed by atoms with Crippen LogP contribution in [0.3, 0.4) is 0 Å². The average molecular weight is 302 g/mol. The average Bonchev–Trinajstić information content (AvgIpc) is 2.39. The van der Waals surface area contributed by atoms with Crippen LogP contribution in [0.1, 0.15) is 27.4 Å². The highest BCUT2D eigenvalue weighted by Crippen LogP contribution is 2.36. The van der Waals surface area contributed by atoms with Gasteiger partial charge in [0, 0.05) is 0 Å². The molecule has 0 aromatic heterocycles. The smallest absolute Gasteiger partial charge is 0.339 e. The van der Waals surface area contributed by atoms with Crippen LogP contribution >= 0.6 is 11.6 Å². The number of fused-ring (bicyclic) bond motifs is 1. The standard InChI is InChI=1S/C16H12ClNO3/c17-12-6-3-7-13(14(12)16(20)21)18-15(19)11-8-9-4-1-2-5-10(9)11/h1-7,11H,8H2,(H,18,19)(H,20,21). The third-order valence-electron chi connectivity index (χ3n) is 3.66. The highest BCUT2D eigenvalue weighted by atomic mass is 35.5. The van der Waals surface area contributed by atoms with Crippen LogP contribution in [0.25, 0.3) is 0 Å². The molecular formula is C16H12ClNO3. The van der Waals surface area contributed by atoms with Crippen LogP contribution in [-0.4, -0.2) is 17.0 Å². The summed E-state index contributed by atoms with van der Waals surface area (Å²) in [6, 6.07) is 12.4. The normalized spacial score (nSPS) is 15.8. The molecule has 0 bridgehead atoms. The second-order valence-electron chi connectivity index (χ2n) is 4.91. The zero-order valence-electron chi connectivity index (χ0n) is 11.0. The van der Waals surface area contributed by atoms with Crippen molar-refractivity contribution in [3.05, 3.63) is 64.2 Å². The van der Waals surface area contributed by atoms with E-state index >= 15 is 0 Å². The lowest BCUT2D eigenvalue weighted by molar-refractivity contribution is -0.118. The third kappa shape index (κ3) is 2.38. The van der Waals surface area contributed by atoms with Crippen LogP contribution in [0.2, 0.25) is 5.02 Å². The van der Waals surface area contributed by atoms with Gasteiger partial charge in [0.05, 0.1) is 16.6 Å². The summed E-state index contributed by atoms with van der Waals surface area (Å²) in [5.74, 6) is -1.61. The number of aromatic carboxylic acids is 1. The molecule has 2 aromatic rings. The second-order valence-corrected chi connectivity index (χ2v) is 5.32. The minimum Gasteiger partial charge on any atom is -0.478 e. The number of halogens is 1. The third-order valence-corrected chi connectivity index (χ3v) is 3.97. The first-order valence-electron chi connectivity index (χ1n) is 6.48. The zero-order chi connectivity index (χ0) is 15.0. The highest BCUT2D eigenvalue weighted by molar-refractivity contribution is 6.34. The molecule has 0 saturated heterocycles. The van der Waals surface area contributed by atoms with E-state index in [4.69, 9.17) is 11.6 Å². The minimum absolute atomic E-state index is 0.0832. The Morgan fingerprint density at radius 1 is 1.14 bits per heavy atom. The molecule has 0 radical (unpaired) electrons. The van der Waals surface area contributed by atoms with E-state index in [1.165, 1.54) is 12.1 Å². The molecular weight excluding hydrogens is 290 g/mol. The fourth-order valence-electron chi connectivity index (χ4n) is 2.56. The van der Waals surface area contributed by atoms with Crippen molar-refractivity contribution in [1.29, 1.82) is 0 Å². The van der Waals surface area contributed by atoms with Gasteiger partial charge in [-0.15, -0.1) is 0 Å². The van der Waals surface area contributed by atoms with Gasteiger partial charge in [-0.3, -0.25) is 4.79 Å². The second kappa shape index (κ2) is 5.22. The molecule has 1 atom stereocenters. The minimum atomic E-state index is -1.16. The fourth-order valence-corrected chi connectivity index (χ4v) is 2.81. The van der Waals surface area contributed by atoms with Crippen molar-refractivity contribution < 1.29 is 14.7 Å². The largest absolute Gasteiger partial charge is 0.478 e. The summed E-state index contributed by atoms with van der Waals surface area (Å²) in [6.45, 7) is 0. The van der Waals surface area contributed by atoms with Gasteiger partial charge in [0.2, 0.25) is 5.91 Å². The number of carboxylic acids is 1. The van der Waals surface area contributed by atoms with Crippen molar-refractivity contribution in [3.8, 4) is 0 Å². The van der Waals surface area contributed by atoms with E-state index in [-0.39, 0.29) is 28.1 Å². The molecule has 2 N–H and O–H groups in total. The van der Waals surface area contributed by atoms with Gasteiger partial charge in [-0.05, 0) is 29.7 Å². The summed E-state index contributed by atoms with van der Waals surface area (Å²) in [4.78, 5) is 23.5. The van der Waals surface area contributed by atoms with E-state index in [9.17, 15) is 14.7 Å². The molecule has 1 aliphatic carbocycles. The highest BCUT2D eigenvalue weighted by Gasteiger charge is 2.32. The summed E-state index contributed by atoms with van der Waals surface area (Å²) < 4.78 is 0. The van der Waals surface area contributed by atoms with Gasteiger partial charge in [0.15, 0.2) is 0 Å². The van der Waals surface area contributed by atoms with Gasteiger partial charge in [-0.25, -0.2) is 4.79 Å². The van der Waals surface area contributed by atoms with Crippen LogP contribution in [0, 0.1) is 0 Å². The number of benzene rings is 2. The van der Waals surface area contributed by atoms with E-state index < -0.39 is 5.97 Å². The van der Waals surface area contributed by atoms with Gasteiger partial charge >= 0.3 is 5.97 Å². The SMILES string of the molecule is O=C(O)c1c(Cl)cccc1NC(=O)C1Cc2ccccc21. The van der Waals surface area contributed by atoms with E-state index in [2.05, 4.69) is 5.32 Å². The Morgan fingerprint density at radius 3 is 2.62 bits per heavy atom. The first-order valence-corrected chi connectivity index (χ1v) is 6.86. The molecule has 1 aliphatic rings. The number of hydrogen-bond donors (Lipinski definition) is 2. The number of nitrogens with one attached hydrogen (secondary N) is 1. The van der Waals surface area contributed by atoms with Gasteiger partial charge in [-0.2, -0.15) is 0 Å².